The standard InChI is InChI=1S/C10H7F3O2/c1-2-7-14-8-3-5-9(6-4-8)15-10(11,12)13/h1,3-6H,7H2. The van der Waals surface area contributed by atoms with Gasteiger partial charge in [0.15, 0.2) is 0 Å². The van der Waals surface area contributed by atoms with Crippen molar-refractivity contribution in [1.82, 2.24) is 0 Å². The van der Waals surface area contributed by atoms with Crippen molar-refractivity contribution >= 4 is 0 Å². The van der Waals surface area contributed by atoms with Crippen LogP contribution >= 0.6 is 0 Å². The molecule has 0 saturated carbocycles. The van der Waals surface area contributed by atoms with Gasteiger partial charge in [-0.05, 0) is 24.3 Å². The molecule has 15 heavy (non-hydrogen) atoms. The van der Waals surface area contributed by atoms with Crippen molar-refractivity contribution in [1.29, 1.82) is 0 Å². The molecule has 0 aromatic heterocycles. The van der Waals surface area contributed by atoms with Gasteiger partial charge in [0.1, 0.15) is 18.1 Å². The molecule has 5 heteroatoms. The van der Waals surface area contributed by atoms with Crippen LogP contribution in [0.25, 0.3) is 0 Å². The lowest BCUT2D eigenvalue weighted by molar-refractivity contribution is -0.274. The van der Waals surface area contributed by atoms with Gasteiger partial charge in [-0.2, -0.15) is 0 Å². The molecule has 0 unspecified atom stereocenters. The van der Waals surface area contributed by atoms with Crippen LogP contribution in [0.2, 0.25) is 0 Å². The van der Waals surface area contributed by atoms with Crippen LogP contribution in [0.4, 0.5) is 13.2 Å². The second kappa shape index (κ2) is 4.60. The van der Waals surface area contributed by atoms with Gasteiger partial charge >= 0.3 is 6.36 Å². The van der Waals surface area contributed by atoms with E-state index in [1.165, 1.54) is 12.1 Å². The van der Waals surface area contributed by atoms with Crippen molar-refractivity contribution in [3.8, 4) is 23.8 Å². The van der Waals surface area contributed by atoms with Gasteiger partial charge < -0.3 is 9.47 Å². The number of ether oxygens (including phenoxy) is 2. The first kappa shape index (κ1) is 11.2. The Labute approximate surface area is 84.6 Å². The van der Waals surface area contributed by atoms with Gasteiger partial charge in [-0.1, -0.05) is 5.92 Å². The molecule has 80 valence electrons. The first-order chi connectivity index (χ1) is 7.01. The van der Waals surface area contributed by atoms with Gasteiger partial charge in [-0.25, -0.2) is 0 Å². The fourth-order valence-corrected chi connectivity index (χ4v) is 0.863. The van der Waals surface area contributed by atoms with E-state index in [1.807, 2.05) is 0 Å². The fraction of sp³-hybridized carbons (Fsp3) is 0.200. The average molecular weight is 216 g/mol. The molecule has 0 aliphatic carbocycles. The molecule has 1 aromatic carbocycles. The lowest BCUT2D eigenvalue weighted by Crippen LogP contribution is -2.16. The van der Waals surface area contributed by atoms with Gasteiger partial charge in [0.25, 0.3) is 0 Å². The summed E-state index contributed by atoms with van der Waals surface area (Å²) in [6.45, 7) is 0.0689. The van der Waals surface area contributed by atoms with E-state index in [2.05, 4.69) is 10.7 Å². The molecule has 0 N–H and O–H groups in total. The first-order valence-electron chi connectivity index (χ1n) is 3.93. The first-order valence-corrected chi connectivity index (χ1v) is 3.93. The van der Waals surface area contributed by atoms with E-state index in [0.717, 1.165) is 12.1 Å². The predicted octanol–water partition coefficient (Wildman–Crippen LogP) is 2.60. The molecule has 0 fully saturated rings. The summed E-state index contributed by atoms with van der Waals surface area (Å²) in [7, 11) is 0. The second-order valence-corrected chi connectivity index (χ2v) is 2.51. The van der Waals surface area contributed by atoms with Crippen LogP contribution in [0.1, 0.15) is 0 Å². The van der Waals surface area contributed by atoms with Crippen molar-refractivity contribution in [2.75, 3.05) is 6.61 Å². The highest BCUT2D eigenvalue weighted by Gasteiger charge is 2.30. The predicted molar refractivity (Wildman–Crippen MR) is 47.5 cm³/mol. The molecule has 2 nitrogen and oxygen atoms in total. The third kappa shape index (κ3) is 4.27. The number of benzene rings is 1. The maximum atomic E-state index is 11.8. The van der Waals surface area contributed by atoms with E-state index >= 15 is 0 Å². The third-order valence-corrected chi connectivity index (χ3v) is 1.38. The van der Waals surface area contributed by atoms with Gasteiger partial charge in [0, 0.05) is 0 Å². The van der Waals surface area contributed by atoms with Crippen LogP contribution in [-0.4, -0.2) is 13.0 Å². The molecule has 0 bridgehead atoms. The summed E-state index contributed by atoms with van der Waals surface area (Å²) < 4.78 is 43.9. The van der Waals surface area contributed by atoms with E-state index in [-0.39, 0.29) is 12.4 Å². The summed E-state index contributed by atoms with van der Waals surface area (Å²) in [6.07, 6.45) is 0.262. The lowest BCUT2D eigenvalue weighted by Gasteiger charge is -2.09. The Balaban J connectivity index is 2.61. The topological polar surface area (TPSA) is 18.5 Å². The van der Waals surface area contributed by atoms with Crippen molar-refractivity contribution in [2.45, 2.75) is 6.36 Å². The summed E-state index contributed by atoms with van der Waals surface area (Å²) in [6, 6.07) is 5.00. The lowest BCUT2D eigenvalue weighted by atomic mass is 10.3. The molecular formula is C10H7F3O2. The van der Waals surface area contributed by atoms with Crippen molar-refractivity contribution < 1.29 is 22.6 Å². The van der Waals surface area contributed by atoms with Crippen LogP contribution in [0, 0.1) is 12.3 Å². The third-order valence-electron chi connectivity index (χ3n) is 1.38. The van der Waals surface area contributed by atoms with E-state index < -0.39 is 6.36 Å². The summed E-state index contributed by atoms with van der Waals surface area (Å²) in [5, 5.41) is 0. The molecule has 0 aliphatic rings. The van der Waals surface area contributed by atoms with Gasteiger partial charge in [0.05, 0.1) is 0 Å². The smallest absolute Gasteiger partial charge is 0.481 e. The molecule has 1 rings (SSSR count). The van der Waals surface area contributed by atoms with E-state index in [0.29, 0.717) is 5.75 Å². The summed E-state index contributed by atoms with van der Waals surface area (Å²) >= 11 is 0. The van der Waals surface area contributed by atoms with Crippen molar-refractivity contribution in [3.63, 3.8) is 0 Å². The minimum absolute atomic E-state index is 0.0689. The normalized spacial score (nSPS) is 10.5. The number of terminal acetylenes is 1. The number of halogens is 3. The minimum Gasteiger partial charge on any atom is -0.481 e. The molecule has 0 heterocycles. The van der Waals surface area contributed by atoms with Gasteiger partial charge in [0.2, 0.25) is 0 Å². The van der Waals surface area contributed by atoms with Crippen LogP contribution in [0.3, 0.4) is 0 Å². The minimum atomic E-state index is -4.68. The van der Waals surface area contributed by atoms with Crippen LogP contribution < -0.4 is 9.47 Å². The van der Waals surface area contributed by atoms with Crippen LogP contribution in [-0.2, 0) is 0 Å². The Bertz CT molecular complexity index is 348. The number of hydrogen-bond acceptors (Lipinski definition) is 2. The zero-order valence-corrected chi connectivity index (χ0v) is 7.54. The number of hydrogen-bond donors (Lipinski definition) is 0. The molecule has 1 aromatic rings. The highest BCUT2D eigenvalue weighted by atomic mass is 19.4. The molecule has 0 saturated heterocycles. The van der Waals surface area contributed by atoms with E-state index in [1.54, 1.807) is 0 Å². The Morgan fingerprint density at radius 3 is 2.13 bits per heavy atom. The van der Waals surface area contributed by atoms with Crippen molar-refractivity contribution in [3.05, 3.63) is 24.3 Å². The Morgan fingerprint density at radius 2 is 1.67 bits per heavy atom. The number of alkyl halides is 3. The Morgan fingerprint density at radius 1 is 1.13 bits per heavy atom. The SMILES string of the molecule is C#CCOc1ccc(OC(F)(F)F)cc1. The summed E-state index contributed by atoms with van der Waals surface area (Å²) in [5.41, 5.74) is 0. The molecule has 0 spiro atoms. The van der Waals surface area contributed by atoms with Gasteiger partial charge in [-0.3, -0.25) is 0 Å². The zero-order valence-electron chi connectivity index (χ0n) is 7.54. The van der Waals surface area contributed by atoms with Gasteiger partial charge in [-0.15, -0.1) is 19.6 Å². The second-order valence-electron chi connectivity index (χ2n) is 2.51. The maximum Gasteiger partial charge on any atom is 0.573 e. The molecule has 0 radical (unpaired) electrons. The maximum absolute atomic E-state index is 11.8. The van der Waals surface area contributed by atoms with Crippen molar-refractivity contribution in [2.24, 2.45) is 0 Å². The average Bonchev–Trinajstić information content (AvgIpc) is 2.14. The fourth-order valence-electron chi connectivity index (χ4n) is 0.863. The highest BCUT2D eigenvalue weighted by molar-refractivity contribution is 5.31. The Hall–Kier alpha value is -1.83. The van der Waals surface area contributed by atoms with E-state index in [4.69, 9.17) is 11.2 Å². The molecule has 0 atom stereocenters. The van der Waals surface area contributed by atoms with Crippen LogP contribution in [0.15, 0.2) is 24.3 Å². The molecule has 0 aliphatic heterocycles. The number of rotatable bonds is 3. The largest absolute Gasteiger partial charge is 0.573 e. The Kier molecular flexibility index (Phi) is 3.45. The van der Waals surface area contributed by atoms with Crippen LogP contribution in [0.5, 0.6) is 11.5 Å². The summed E-state index contributed by atoms with van der Waals surface area (Å²) in [4.78, 5) is 0. The summed E-state index contributed by atoms with van der Waals surface area (Å²) in [5.74, 6) is 2.33. The molecule has 0 amide bonds. The highest BCUT2D eigenvalue weighted by Crippen LogP contribution is 2.24. The molecular weight excluding hydrogens is 209 g/mol. The monoisotopic (exact) mass is 216 g/mol. The van der Waals surface area contributed by atoms with E-state index in [9.17, 15) is 13.2 Å². The zero-order chi connectivity index (χ0) is 11.3. The quantitative estimate of drug-likeness (QED) is 0.723.